The first-order valence-corrected chi connectivity index (χ1v) is 7.08. The van der Waals surface area contributed by atoms with E-state index in [2.05, 4.69) is 5.32 Å². The van der Waals surface area contributed by atoms with Crippen LogP contribution in [0, 0.1) is 5.41 Å². The Hall–Kier alpha value is -1.20. The van der Waals surface area contributed by atoms with E-state index < -0.39 is 11.4 Å². The van der Waals surface area contributed by atoms with E-state index in [0.29, 0.717) is 23.6 Å². The molecule has 1 aliphatic carbocycles. The zero-order chi connectivity index (χ0) is 15.1. The molecule has 0 radical (unpaired) electrons. The number of carboxylic acid groups (broad SMARTS) is 1. The van der Waals surface area contributed by atoms with Gasteiger partial charge in [0.25, 0.3) is 5.91 Å². The van der Waals surface area contributed by atoms with Crippen LogP contribution in [0.25, 0.3) is 0 Å². The van der Waals surface area contributed by atoms with E-state index in [1.165, 1.54) is 10.6 Å². The maximum absolute atomic E-state index is 12.3. The van der Waals surface area contributed by atoms with Crippen LogP contribution in [-0.2, 0) is 11.8 Å². The standard InChI is InChI=1S/C13H16Cl2N2O3/c1-13(12(19)20)5-3-4-9(13)16-11(18)8-6-7(14)10(15)17(8)2/h6,9H,3-5H2,1-2H3,(H,16,18)(H,19,20). The first-order valence-electron chi connectivity index (χ1n) is 6.32. The Morgan fingerprint density at radius 1 is 1.50 bits per heavy atom. The van der Waals surface area contributed by atoms with Gasteiger partial charge >= 0.3 is 5.97 Å². The molecule has 2 rings (SSSR count). The molecule has 0 spiro atoms. The second-order valence-electron chi connectivity index (χ2n) is 5.37. The Kier molecular flexibility index (Phi) is 4.02. The van der Waals surface area contributed by atoms with E-state index in [1.54, 1.807) is 14.0 Å². The fraction of sp³-hybridized carbons (Fsp3) is 0.538. The van der Waals surface area contributed by atoms with Crippen molar-refractivity contribution >= 4 is 35.1 Å². The highest BCUT2D eigenvalue weighted by atomic mass is 35.5. The van der Waals surface area contributed by atoms with Crippen LogP contribution in [0.15, 0.2) is 6.07 Å². The fourth-order valence-electron chi connectivity index (χ4n) is 2.65. The molecule has 1 aromatic rings. The van der Waals surface area contributed by atoms with Gasteiger partial charge < -0.3 is 15.0 Å². The van der Waals surface area contributed by atoms with Crippen molar-refractivity contribution in [1.82, 2.24) is 9.88 Å². The molecule has 7 heteroatoms. The molecule has 5 nitrogen and oxygen atoms in total. The van der Waals surface area contributed by atoms with Gasteiger partial charge in [-0.15, -0.1) is 0 Å². The average molecular weight is 319 g/mol. The van der Waals surface area contributed by atoms with Crippen LogP contribution in [0.3, 0.4) is 0 Å². The summed E-state index contributed by atoms with van der Waals surface area (Å²) < 4.78 is 1.48. The van der Waals surface area contributed by atoms with Crippen LogP contribution >= 0.6 is 23.2 Å². The third-order valence-corrected chi connectivity index (χ3v) is 4.94. The van der Waals surface area contributed by atoms with Crippen molar-refractivity contribution in [2.24, 2.45) is 12.5 Å². The average Bonchev–Trinajstić information content (AvgIpc) is 2.87. The van der Waals surface area contributed by atoms with Gasteiger partial charge in [-0.2, -0.15) is 0 Å². The number of carboxylic acids is 1. The maximum atomic E-state index is 12.3. The van der Waals surface area contributed by atoms with Crippen LogP contribution in [-0.4, -0.2) is 27.6 Å². The summed E-state index contributed by atoms with van der Waals surface area (Å²) >= 11 is 11.8. The summed E-state index contributed by atoms with van der Waals surface area (Å²) in [5.41, 5.74) is -0.603. The monoisotopic (exact) mass is 318 g/mol. The number of carbonyl (C=O) groups is 2. The Labute approximate surface area is 126 Å². The molecule has 0 bridgehead atoms. The Balaban J connectivity index is 2.20. The van der Waals surface area contributed by atoms with E-state index in [0.717, 1.165) is 6.42 Å². The Morgan fingerprint density at radius 3 is 2.65 bits per heavy atom. The van der Waals surface area contributed by atoms with Crippen LogP contribution in [0.5, 0.6) is 0 Å². The van der Waals surface area contributed by atoms with Crippen molar-refractivity contribution in [3.8, 4) is 0 Å². The highest BCUT2D eigenvalue weighted by molar-refractivity contribution is 6.41. The largest absolute Gasteiger partial charge is 0.481 e. The molecular weight excluding hydrogens is 303 g/mol. The molecule has 0 aromatic carbocycles. The van der Waals surface area contributed by atoms with Crippen LogP contribution in [0.2, 0.25) is 10.2 Å². The van der Waals surface area contributed by atoms with E-state index in [9.17, 15) is 14.7 Å². The summed E-state index contributed by atoms with van der Waals surface area (Å²) in [7, 11) is 1.63. The lowest BCUT2D eigenvalue weighted by molar-refractivity contribution is -0.148. The normalized spacial score (nSPS) is 25.7. The van der Waals surface area contributed by atoms with Crippen molar-refractivity contribution in [1.29, 1.82) is 0 Å². The van der Waals surface area contributed by atoms with E-state index >= 15 is 0 Å². The molecule has 2 N–H and O–H groups in total. The van der Waals surface area contributed by atoms with E-state index in [4.69, 9.17) is 23.2 Å². The predicted molar refractivity (Wildman–Crippen MR) is 76.3 cm³/mol. The molecule has 1 aliphatic rings. The van der Waals surface area contributed by atoms with Gasteiger partial charge in [0, 0.05) is 13.1 Å². The van der Waals surface area contributed by atoms with Gasteiger partial charge in [0.2, 0.25) is 0 Å². The van der Waals surface area contributed by atoms with Gasteiger partial charge in [-0.1, -0.05) is 29.6 Å². The number of rotatable bonds is 3. The summed E-state index contributed by atoms with van der Waals surface area (Å²) in [5, 5.41) is 12.7. The van der Waals surface area contributed by atoms with Gasteiger partial charge in [0.15, 0.2) is 0 Å². The molecular formula is C13H16Cl2N2O3. The number of halogens is 2. The predicted octanol–water partition coefficient (Wildman–Crippen LogP) is 2.71. The number of aliphatic carboxylic acids is 1. The van der Waals surface area contributed by atoms with Crippen LogP contribution < -0.4 is 5.32 Å². The molecule has 1 heterocycles. The number of nitrogens with zero attached hydrogens (tertiary/aromatic N) is 1. The summed E-state index contributed by atoms with van der Waals surface area (Å²) in [5.74, 6) is -1.25. The number of amides is 1. The minimum atomic E-state index is -0.922. The fourth-order valence-corrected chi connectivity index (χ4v) is 3.02. The number of hydrogen-bond acceptors (Lipinski definition) is 2. The zero-order valence-electron chi connectivity index (χ0n) is 11.2. The van der Waals surface area contributed by atoms with Gasteiger partial charge in [-0.3, -0.25) is 9.59 Å². The highest BCUT2D eigenvalue weighted by Crippen LogP contribution is 2.38. The minimum absolute atomic E-state index is 0.282. The number of aromatic nitrogens is 1. The van der Waals surface area contributed by atoms with Crippen molar-refractivity contribution < 1.29 is 14.7 Å². The summed E-state index contributed by atoms with van der Waals surface area (Å²) in [6.07, 6.45) is 1.99. The van der Waals surface area contributed by atoms with Crippen LogP contribution in [0.4, 0.5) is 0 Å². The number of carbonyl (C=O) groups excluding carboxylic acids is 1. The third kappa shape index (κ3) is 2.40. The molecule has 2 unspecified atom stereocenters. The lowest BCUT2D eigenvalue weighted by Crippen LogP contribution is -2.47. The number of hydrogen-bond donors (Lipinski definition) is 2. The molecule has 1 amide bonds. The molecule has 0 aliphatic heterocycles. The van der Waals surface area contributed by atoms with E-state index in [-0.39, 0.29) is 17.1 Å². The van der Waals surface area contributed by atoms with Crippen molar-refractivity contribution in [2.45, 2.75) is 32.2 Å². The van der Waals surface area contributed by atoms with Crippen molar-refractivity contribution in [2.75, 3.05) is 0 Å². The summed E-state index contributed by atoms with van der Waals surface area (Å²) in [6.45, 7) is 1.66. The van der Waals surface area contributed by atoms with E-state index in [1.807, 2.05) is 0 Å². The molecule has 1 aromatic heterocycles. The second kappa shape index (κ2) is 5.30. The summed E-state index contributed by atoms with van der Waals surface area (Å²) in [6, 6.07) is 1.09. The molecule has 1 fully saturated rings. The molecule has 2 atom stereocenters. The summed E-state index contributed by atoms with van der Waals surface area (Å²) in [4.78, 5) is 23.6. The van der Waals surface area contributed by atoms with Gasteiger partial charge in [0.1, 0.15) is 10.8 Å². The molecule has 20 heavy (non-hydrogen) atoms. The topological polar surface area (TPSA) is 71.3 Å². The van der Waals surface area contributed by atoms with Crippen molar-refractivity contribution in [3.05, 3.63) is 21.9 Å². The Morgan fingerprint density at radius 2 is 2.15 bits per heavy atom. The molecule has 110 valence electrons. The Bertz CT molecular complexity index is 570. The first kappa shape index (κ1) is 15.2. The lowest BCUT2D eigenvalue weighted by Gasteiger charge is -2.27. The molecule has 1 saturated carbocycles. The van der Waals surface area contributed by atoms with Crippen molar-refractivity contribution in [3.63, 3.8) is 0 Å². The van der Waals surface area contributed by atoms with Crippen LogP contribution in [0.1, 0.15) is 36.7 Å². The van der Waals surface area contributed by atoms with Gasteiger partial charge in [-0.25, -0.2) is 0 Å². The molecule has 0 saturated heterocycles. The first-order chi connectivity index (χ1) is 9.27. The minimum Gasteiger partial charge on any atom is -0.481 e. The lowest BCUT2D eigenvalue weighted by atomic mass is 9.85. The quantitative estimate of drug-likeness (QED) is 0.900. The maximum Gasteiger partial charge on any atom is 0.311 e. The highest BCUT2D eigenvalue weighted by Gasteiger charge is 2.46. The van der Waals surface area contributed by atoms with Gasteiger partial charge in [0.05, 0.1) is 10.4 Å². The SMILES string of the molecule is Cn1c(C(=O)NC2CCCC2(C)C(=O)O)cc(Cl)c1Cl. The zero-order valence-corrected chi connectivity index (χ0v) is 12.8. The number of nitrogens with one attached hydrogen (secondary N) is 1. The smallest absolute Gasteiger partial charge is 0.311 e. The van der Waals surface area contributed by atoms with Gasteiger partial charge in [-0.05, 0) is 25.8 Å². The third-order valence-electron chi connectivity index (χ3n) is 4.10. The second-order valence-corrected chi connectivity index (χ2v) is 6.13.